The first-order chi connectivity index (χ1) is 8.80. The zero-order valence-corrected chi connectivity index (χ0v) is 12.4. The molecule has 0 fully saturated rings. The topological polar surface area (TPSA) is 89.3 Å². The summed E-state index contributed by atoms with van der Waals surface area (Å²) in [5.74, 6) is -0.541. The van der Waals surface area contributed by atoms with Crippen LogP contribution >= 0.6 is 11.6 Å². The lowest BCUT2D eigenvalue weighted by atomic mass is 10.3. The van der Waals surface area contributed by atoms with Crippen LogP contribution in [0, 0.1) is 0 Å². The first-order valence-corrected chi connectivity index (χ1v) is 7.79. The van der Waals surface area contributed by atoms with Crippen molar-refractivity contribution < 1.29 is 13.2 Å². The molecule has 0 bridgehead atoms. The highest BCUT2D eigenvalue weighted by atomic mass is 35.5. The number of carbonyl (C=O) groups excluding carboxylic acids is 1. The molecule has 106 valence electrons. The lowest BCUT2D eigenvalue weighted by Crippen LogP contribution is -2.38. The number of rotatable bonds is 5. The molecule has 0 heterocycles. The second-order valence-electron chi connectivity index (χ2n) is 4.16. The van der Waals surface area contributed by atoms with E-state index in [9.17, 15) is 13.2 Å². The number of nitrogens with two attached hydrogens (primary N) is 1. The van der Waals surface area contributed by atoms with Crippen LogP contribution in [0.3, 0.4) is 0 Å². The van der Waals surface area contributed by atoms with Gasteiger partial charge in [0.2, 0.25) is 5.91 Å². The fourth-order valence-electron chi connectivity index (χ4n) is 1.48. The summed E-state index contributed by atoms with van der Waals surface area (Å²) >= 11 is 5.77. The van der Waals surface area contributed by atoms with Crippen LogP contribution in [0.5, 0.6) is 0 Å². The monoisotopic (exact) mass is 304 g/mol. The number of amides is 1. The van der Waals surface area contributed by atoms with E-state index in [1.807, 2.05) is 6.92 Å². The van der Waals surface area contributed by atoms with Gasteiger partial charge in [-0.15, -0.1) is 0 Å². The van der Waals surface area contributed by atoms with Crippen LogP contribution in [0.15, 0.2) is 23.1 Å². The van der Waals surface area contributed by atoms with Gasteiger partial charge in [0.05, 0.1) is 10.6 Å². The highest BCUT2D eigenvalue weighted by molar-refractivity contribution is 7.93. The Bertz CT molecular complexity index is 572. The zero-order chi connectivity index (χ0) is 14.6. The molecule has 1 unspecified atom stereocenters. The molecule has 0 radical (unpaired) electrons. The van der Waals surface area contributed by atoms with Gasteiger partial charge in [0.1, 0.15) is 5.25 Å². The summed E-state index contributed by atoms with van der Waals surface area (Å²) in [6.45, 7) is 3.65. The summed E-state index contributed by atoms with van der Waals surface area (Å²) in [4.78, 5) is 11.6. The number of hydrogen-bond acceptors (Lipinski definition) is 4. The minimum absolute atomic E-state index is 0.0829. The fraction of sp³-hybridized carbons (Fsp3) is 0.417. The van der Waals surface area contributed by atoms with E-state index < -0.39 is 21.0 Å². The quantitative estimate of drug-likeness (QED) is 0.809. The second-order valence-corrected chi connectivity index (χ2v) is 6.83. The Hall–Kier alpha value is -1.27. The van der Waals surface area contributed by atoms with Gasteiger partial charge in [-0.1, -0.05) is 18.5 Å². The Morgan fingerprint density at radius 3 is 2.68 bits per heavy atom. The molecule has 3 N–H and O–H groups in total. The molecule has 0 saturated heterocycles. The van der Waals surface area contributed by atoms with Crippen LogP contribution in [0.1, 0.15) is 20.3 Å². The van der Waals surface area contributed by atoms with Crippen molar-refractivity contribution in [1.82, 2.24) is 5.32 Å². The third-order valence-corrected chi connectivity index (χ3v) is 5.01. The largest absolute Gasteiger partial charge is 0.398 e. The molecule has 0 aliphatic heterocycles. The van der Waals surface area contributed by atoms with Gasteiger partial charge in [0.15, 0.2) is 9.84 Å². The summed E-state index contributed by atoms with van der Waals surface area (Å²) in [5.41, 5.74) is 5.73. The number of hydrogen-bond donors (Lipinski definition) is 2. The molecular formula is C12H17ClN2O3S. The molecule has 19 heavy (non-hydrogen) atoms. The van der Waals surface area contributed by atoms with Crippen molar-refractivity contribution in [2.45, 2.75) is 30.4 Å². The van der Waals surface area contributed by atoms with E-state index in [1.165, 1.54) is 25.1 Å². The van der Waals surface area contributed by atoms with Gasteiger partial charge in [-0.25, -0.2) is 8.42 Å². The number of sulfone groups is 1. The van der Waals surface area contributed by atoms with Gasteiger partial charge >= 0.3 is 0 Å². The van der Waals surface area contributed by atoms with Crippen molar-refractivity contribution in [3.63, 3.8) is 0 Å². The Morgan fingerprint density at radius 2 is 2.11 bits per heavy atom. The number of anilines is 1. The van der Waals surface area contributed by atoms with E-state index in [2.05, 4.69) is 5.32 Å². The second kappa shape index (κ2) is 6.25. The summed E-state index contributed by atoms with van der Waals surface area (Å²) in [6, 6.07) is 4.17. The number of carbonyl (C=O) groups is 1. The Kier molecular flexibility index (Phi) is 5.20. The van der Waals surface area contributed by atoms with Crippen molar-refractivity contribution in [3.05, 3.63) is 23.2 Å². The number of nitrogens with one attached hydrogen (secondary N) is 1. The van der Waals surface area contributed by atoms with Gasteiger partial charge < -0.3 is 11.1 Å². The van der Waals surface area contributed by atoms with Gasteiger partial charge in [-0.2, -0.15) is 0 Å². The van der Waals surface area contributed by atoms with Crippen LogP contribution in [0.4, 0.5) is 5.69 Å². The predicted molar refractivity (Wildman–Crippen MR) is 75.8 cm³/mol. The van der Waals surface area contributed by atoms with Gasteiger partial charge in [-0.05, 0) is 31.5 Å². The minimum atomic E-state index is -3.84. The van der Waals surface area contributed by atoms with E-state index in [4.69, 9.17) is 17.3 Å². The first kappa shape index (κ1) is 15.8. The molecule has 1 rings (SSSR count). The lowest BCUT2D eigenvalue weighted by molar-refractivity contribution is -0.120. The summed E-state index contributed by atoms with van der Waals surface area (Å²) in [6.07, 6.45) is 0.734. The van der Waals surface area contributed by atoms with E-state index in [1.54, 1.807) is 0 Å². The Morgan fingerprint density at radius 1 is 1.47 bits per heavy atom. The molecule has 0 aliphatic carbocycles. The average molecular weight is 305 g/mol. The smallest absolute Gasteiger partial charge is 0.238 e. The SMILES string of the molecule is CCCNC(=O)C(C)S(=O)(=O)c1cc(Cl)ccc1N. The fourth-order valence-corrected chi connectivity index (χ4v) is 3.15. The van der Waals surface area contributed by atoms with E-state index in [-0.39, 0.29) is 15.6 Å². The van der Waals surface area contributed by atoms with Gasteiger partial charge in [0.25, 0.3) is 0 Å². The van der Waals surface area contributed by atoms with E-state index >= 15 is 0 Å². The first-order valence-electron chi connectivity index (χ1n) is 5.87. The van der Waals surface area contributed by atoms with E-state index in [0.29, 0.717) is 6.54 Å². The average Bonchev–Trinajstić information content (AvgIpc) is 2.37. The van der Waals surface area contributed by atoms with Gasteiger partial charge in [-0.3, -0.25) is 4.79 Å². The van der Waals surface area contributed by atoms with Crippen molar-refractivity contribution in [1.29, 1.82) is 0 Å². The number of nitrogen functional groups attached to an aromatic ring is 1. The molecular weight excluding hydrogens is 288 g/mol. The highest BCUT2D eigenvalue weighted by Gasteiger charge is 2.31. The molecule has 5 nitrogen and oxygen atoms in total. The van der Waals surface area contributed by atoms with Gasteiger partial charge in [0, 0.05) is 11.6 Å². The number of benzene rings is 1. The van der Waals surface area contributed by atoms with Crippen molar-refractivity contribution in [2.75, 3.05) is 12.3 Å². The van der Waals surface area contributed by atoms with Crippen LogP contribution in [-0.2, 0) is 14.6 Å². The van der Waals surface area contributed by atoms with Crippen molar-refractivity contribution >= 4 is 33.0 Å². The maximum atomic E-state index is 12.3. The zero-order valence-electron chi connectivity index (χ0n) is 10.8. The molecule has 0 spiro atoms. The van der Waals surface area contributed by atoms with Crippen LogP contribution in [0.2, 0.25) is 5.02 Å². The van der Waals surface area contributed by atoms with Crippen LogP contribution < -0.4 is 11.1 Å². The molecule has 1 amide bonds. The van der Waals surface area contributed by atoms with Crippen LogP contribution in [0.25, 0.3) is 0 Å². The molecule has 1 aromatic rings. The third-order valence-electron chi connectivity index (χ3n) is 2.67. The maximum Gasteiger partial charge on any atom is 0.238 e. The summed E-state index contributed by atoms with van der Waals surface area (Å²) < 4.78 is 24.6. The Labute approximate surface area is 118 Å². The normalized spacial score (nSPS) is 13.0. The molecule has 0 aromatic heterocycles. The predicted octanol–water partition coefficient (Wildman–Crippen LogP) is 1.61. The lowest BCUT2D eigenvalue weighted by Gasteiger charge is -2.14. The molecule has 0 saturated carbocycles. The molecule has 1 atom stereocenters. The maximum absolute atomic E-state index is 12.3. The minimum Gasteiger partial charge on any atom is -0.398 e. The van der Waals surface area contributed by atoms with Crippen LogP contribution in [-0.4, -0.2) is 26.1 Å². The third kappa shape index (κ3) is 3.61. The summed E-state index contributed by atoms with van der Waals surface area (Å²) in [7, 11) is -3.84. The molecule has 0 aliphatic rings. The van der Waals surface area contributed by atoms with E-state index in [0.717, 1.165) is 6.42 Å². The molecule has 1 aromatic carbocycles. The highest BCUT2D eigenvalue weighted by Crippen LogP contribution is 2.26. The summed E-state index contributed by atoms with van der Waals surface area (Å²) in [5, 5.41) is 1.60. The number of halogens is 1. The molecule has 7 heteroatoms. The standard InChI is InChI=1S/C12H17ClN2O3S/c1-3-6-15-12(16)8(2)19(17,18)11-7-9(13)4-5-10(11)14/h4-5,7-8H,3,6,14H2,1-2H3,(H,15,16). The van der Waals surface area contributed by atoms with Crippen molar-refractivity contribution in [2.24, 2.45) is 0 Å². The van der Waals surface area contributed by atoms with Crippen molar-refractivity contribution in [3.8, 4) is 0 Å². The Balaban J connectivity index is 3.09.